The molecule has 0 bridgehead atoms. The number of ether oxygens (including phenoxy) is 2. The van der Waals surface area contributed by atoms with Crippen LogP contribution in [0.2, 0.25) is 0 Å². The van der Waals surface area contributed by atoms with Crippen molar-refractivity contribution in [2.45, 2.75) is 12.5 Å². The van der Waals surface area contributed by atoms with Gasteiger partial charge in [-0.2, -0.15) is 0 Å². The van der Waals surface area contributed by atoms with Crippen LogP contribution >= 0.6 is 17.0 Å². The van der Waals surface area contributed by atoms with Crippen molar-refractivity contribution in [2.75, 3.05) is 21.3 Å². The number of likely N-dealkylation sites (N-methyl/N-ethyl adjacent to an activating group) is 1. The molecule has 4 N–H and O–H groups in total. The van der Waals surface area contributed by atoms with E-state index in [4.69, 9.17) is 9.47 Å². The van der Waals surface area contributed by atoms with Crippen LogP contribution in [0.25, 0.3) is 0 Å². The minimum atomic E-state index is -0.307. The molecule has 0 amide bonds. The Hall–Kier alpha value is -1.11. The Bertz CT molecular complexity index is 344. The number of hydrogen-bond donors (Lipinski definition) is 2. The molecular weight excluding hydrogens is 300 g/mol. The highest BCUT2D eigenvalue weighted by Crippen LogP contribution is 2.12. The van der Waals surface area contributed by atoms with Crippen LogP contribution in [0.1, 0.15) is 5.56 Å². The molecule has 0 aliphatic heterocycles. The van der Waals surface area contributed by atoms with Crippen molar-refractivity contribution < 1.29 is 14.3 Å². The SMILES string of the molecule is Br.CNC(Cc1ccc(OC)cc1)C(=O)OC.N. The van der Waals surface area contributed by atoms with Crippen molar-refractivity contribution in [3.63, 3.8) is 0 Å². The summed E-state index contributed by atoms with van der Waals surface area (Å²) in [6.45, 7) is 0. The van der Waals surface area contributed by atoms with Crippen LogP contribution in [0.15, 0.2) is 24.3 Å². The molecule has 1 aromatic rings. The summed E-state index contributed by atoms with van der Waals surface area (Å²) in [5.41, 5.74) is 1.06. The molecule has 0 heterocycles. The van der Waals surface area contributed by atoms with Gasteiger partial charge in [0, 0.05) is 0 Å². The van der Waals surface area contributed by atoms with Crippen molar-refractivity contribution in [3.8, 4) is 5.75 Å². The van der Waals surface area contributed by atoms with Gasteiger partial charge in [0.2, 0.25) is 0 Å². The first-order chi connectivity index (χ1) is 7.71. The van der Waals surface area contributed by atoms with Crippen LogP contribution in [-0.2, 0) is 16.0 Å². The van der Waals surface area contributed by atoms with Crippen LogP contribution in [0.3, 0.4) is 0 Å². The van der Waals surface area contributed by atoms with Gasteiger partial charge in [-0.25, -0.2) is 0 Å². The lowest BCUT2D eigenvalue weighted by Gasteiger charge is -2.13. The minimum absolute atomic E-state index is 0. The molecule has 0 aliphatic rings. The zero-order chi connectivity index (χ0) is 12.0. The predicted molar refractivity (Wildman–Crippen MR) is 76.9 cm³/mol. The van der Waals surface area contributed by atoms with Crippen LogP contribution in [-0.4, -0.2) is 33.3 Å². The van der Waals surface area contributed by atoms with Crippen LogP contribution in [0.5, 0.6) is 5.75 Å². The van der Waals surface area contributed by atoms with E-state index in [0.29, 0.717) is 6.42 Å². The lowest BCUT2D eigenvalue weighted by molar-refractivity contribution is -0.142. The van der Waals surface area contributed by atoms with Gasteiger partial charge in [-0.05, 0) is 31.2 Å². The molecule has 1 atom stereocenters. The standard InChI is InChI=1S/C12H17NO3.BrH.H3N/c1-13-11(12(14)16-3)8-9-4-6-10(15-2)7-5-9;;/h4-7,11,13H,8H2,1-3H3;1H;1H3. The van der Waals surface area contributed by atoms with E-state index in [9.17, 15) is 4.79 Å². The van der Waals surface area contributed by atoms with Crippen molar-refractivity contribution in [1.82, 2.24) is 11.5 Å². The maximum absolute atomic E-state index is 11.4. The van der Waals surface area contributed by atoms with E-state index in [1.807, 2.05) is 24.3 Å². The van der Waals surface area contributed by atoms with Gasteiger partial charge in [-0.15, -0.1) is 17.0 Å². The fraction of sp³-hybridized carbons (Fsp3) is 0.417. The molecule has 0 saturated heterocycles. The quantitative estimate of drug-likeness (QED) is 0.807. The molecule has 5 nitrogen and oxygen atoms in total. The Morgan fingerprint density at radius 1 is 1.28 bits per heavy atom. The molecule has 0 saturated carbocycles. The van der Waals surface area contributed by atoms with Gasteiger partial charge >= 0.3 is 5.97 Å². The Kier molecular flexibility index (Phi) is 10.6. The Morgan fingerprint density at radius 3 is 2.22 bits per heavy atom. The van der Waals surface area contributed by atoms with Crippen LogP contribution in [0.4, 0.5) is 0 Å². The fourth-order valence-corrected chi connectivity index (χ4v) is 1.44. The smallest absolute Gasteiger partial charge is 0.323 e. The van der Waals surface area contributed by atoms with Gasteiger partial charge in [0.1, 0.15) is 11.8 Å². The second-order valence-electron chi connectivity index (χ2n) is 3.42. The summed E-state index contributed by atoms with van der Waals surface area (Å²) < 4.78 is 9.76. The summed E-state index contributed by atoms with van der Waals surface area (Å²) >= 11 is 0. The van der Waals surface area contributed by atoms with Crippen molar-refractivity contribution in [3.05, 3.63) is 29.8 Å². The van der Waals surface area contributed by atoms with E-state index in [0.717, 1.165) is 11.3 Å². The normalized spacial score (nSPS) is 10.6. The van der Waals surface area contributed by atoms with E-state index >= 15 is 0 Å². The molecule has 0 spiro atoms. The summed E-state index contributed by atoms with van der Waals surface area (Å²) in [7, 11) is 4.76. The Morgan fingerprint density at radius 2 is 1.83 bits per heavy atom. The highest BCUT2D eigenvalue weighted by atomic mass is 79.9. The molecule has 0 aliphatic carbocycles. The van der Waals surface area contributed by atoms with E-state index < -0.39 is 0 Å². The maximum atomic E-state index is 11.4. The Balaban J connectivity index is 0. The monoisotopic (exact) mass is 320 g/mol. The third-order valence-electron chi connectivity index (χ3n) is 2.43. The summed E-state index contributed by atoms with van der Waals surface area (Å²) in [6.07, 6.45) is 0.604. The molecule has 1 unspecified atom stereocenters. The van der Waals surface area contributed by atoms with E-state index in [-0.39, 0.29) is 35.1 Å². The van der Waals surface area contributed by atoms with Gasteiger partial charge in [-0.3, -0.25) is 4.79 Å². The van der Waals surface area contributed by atoms with Crippen LogP contribution < -0.4 is 16.2 Å². The second-order valence-corrected chi connectivity index (χ2v) is 3.42. The van der Waals surface area contributed by atoms with Gasteiger partial charge in [0.15, 0.2) is 0 Å². The molecule has 18 heavy (non-hydrogen) atoms. The number of halogens is 1. The molecular formula is C12H21BrN2O3. The predicted octanol–water partition coefficient (Wildman–Crippen LogP) is 1.74. The third kappa shape index (κ3) is 5.48. The largest absolute Gasteiger partial charge is 0.497 e. The molecule has 6 heteroatoms. The van der Waals surface area contributed by atoms with Gasteiger partial charge in [0.25, 0.3) is 0 Å². The summed E-state index contributed by atoms with van der Waals surface area (Å²) in [5, 5.41) is 2.92. The zero-order valence-electron chi connectivity index (χ0n) is 10.9. The minimum Gasteiger partial charge on any atom is -0.497 e. The fourth-order valence-electron chi connectivity index (χ4n) is 1.44. The first-order valence-corrected chi connectivity index (χ1v) is 5.09. The highest BCUT2D eigenvalue weighted by molar-refractivity contribution is 8.93. The number of hydrogen-bond acceptors (Lipinski definition) is 5. The van der Waals surface area contributed by atoms with Gasteiger partial charge < -0.3 is 20.9 Å². The Labute approximate surface area is 118 Å². The lowest BCUT2D eigenvalue weighted by atomic mass is 10.1. The van der Waals surface area contributed by atoms with E-state index in [1.54, 1.807) is 14.2 Å². The summed E-state index contributed by atoms with van der Waals surface area (Å²) in [6, 6.07) is 7.31. The maximum Gasteiger partial charge on any atom is 0.323 e. The topological polar surface area (TPSA) is 82.6 Å². The summed E-state index contributed by atoms with van der Waals surface area (Å²) in [4.78, 5) is 11.4. The summed E-state index contributed by atoms with van der Waals surface area (Å²) in [5.74, 6) is 0.557. The first-order valence-electron chi connectivity index (χ1n) is 5.09. The molecule has 104 valence electrons. The number of rotatable bonds is 5. The van der Waals surface area contributed by atoms with Crippen LogP contribution in [0, 0.1) is 0 Å². The zero-order valence-corrected chi connectivity index (χ0v) is 12.6. The first kappa shape index (κ1) is 19.2. The number of carbonyl (C=O) groups excluding carboxylic acids is 1. The highest BCUT2D eigenvalue weighted by Gasteiger charge is 2.16. The van der Waals surface area contributed by atoms with Crippen molar-refractivity contribution >= 4 is 23.0 Å². The van der Waals surface area contributed by atoms with Crippen molar-refractivity contribution in [1.29, 1.82) is 0 Å². The lowest BCUT2D eigenvalue weighted by Crippen LogP contribution is -2.36. The third-order valence-corrected chi connectivity index (χ3v) is 2.43. The van der Waals surface area contributed by atoms with Crippen molar-refractivity contribution in [2.24, 2.45) is 0 Å². The second kappa shape index (κ2) is 9.87. The number of methoxy groups -OCH3 is 2. The number of carbonyl (C=O) groups is 1. The number of benzene rings is 1. The van der Waals surface area contributed by atoms with Gasteiger partial charge in [0.05, 0.1) is 14.2 Å². The average molecular weight is 321 g/mol. The molecule has 0 fully saturated rings. The average Bonchev–Trinajstić information content (AvgIpc) is 2.35. The van der Waals surface area contributed by atoms with E-state index in [1.165, 1.54) is 7.11 Å². The molecule has 1 rings (SSSR count). The molecule has 0 aromatic heterocycles. The van der Waals surface area contributed by atoms with Gasteiger partial charge in [-0.1, -0.05) is 12.1 Å². The number of esters is 1. The molecule has 0 radical (unpaired) electrons. The number of nitrogens with one attached hydrogen (secondary N) is 1. The van der Waals surface area contributed by atoms with E-state index in [2.05, 4.69) is 5.32 Å². The molecule has 1 aromatic carbocycles.